The first kappa shape index (κ1) is 15.2. The van der Waals surface area contributed by atoms with Gasteiger partial charge in [0.25, 0.3) is 0 Å². The van der Waals surface area contributed by atoms with E-state index in [9.17, 15) is 4.21 Å². The molecule has 1 N–H and O–H groups in total. The summed E-state index contributed by atoms with van der Waals surface area (Å²) >= 11 is -2.29. The van der Waals surface area contributed by atoms with Gasteiger partial charge in [-0.15, -0.1) is 0 Å². The second kappa shape index (κ2) is 5.02. The molecule has 1 aromatic rings. The zero-order valence-electron chi connectivity index (χ0n) is 11.9. The zero-order valence-corrected chi connectivity index (χ0v) is 12.7. The standard InChI is InChI=1S/C14H22O3S/c1-13(2,3)10-7-8-12(17-18(15)16)11(9-10)14(4,5)6/h7-9H,1-6H3,(H,15,16). The Bertz CT molecular complexity index is 453. The van der Waals surface area contributed by atoms with Crippen LogP contribution in [0, 0.1) is 0 Å². The van der Waals surface area contributed by atoms with E-state index in [1.54, 1.807) is 6.07 Å². The monoisotopic (exact) mass is 270 g/mol. The fourth-order valence-corrected chi connectivity index (χ4v) is 2.03. The molecule has 18 heavy (non-hydrogen) atoms. The third-order valence-corrected chi connectivity index (χ3v) is 3.14. The molecule has 1 rings (SSSR count). The van der Waals surface area contributed by atoms with Crippen molar-refractivity contribution in [2.75, 3.05) is 0 Å². The molecule has 4 heteroatoms. The van der Waals surface area contributed by atoms with Crippen LogP contribution in [-0.4, -0.2) is 8.76 Å². The van der Waals surface area contributed by atoms with Gasteiger partial charge in [-0.1, -0.05) is 53.7 Å². The molecule has 0 amide bonds. The Morgan fingerprint density at radius 2 is 1.61 bits per heavy atom. The van der Waals surface area contributed by atoms with E-state index in [0.717, 1.165) is 5.56 Å². The Hall–Kier alpha value is -0.870. The minimum absolute atomic E-state index is 0.0386. The Labute approximate surface area is 112 Å². The van der Waals surface area contributed by atoms with Crippen LogP contribution >= 0.6 is 0 Å². The fourth-order valence-electron chi connectivity index (χ4n) is 1.73. The predicted octanol–water partition coefficient (Wildman–Crippen LogP) is 3.80. The lowest BCUT2D eigenvalue weighted by Crippen LogP contribution is -2.18. The molecule has 0 saturated carbocycles. The van der Waals surface area contributed by atoms with Crippen LogP contribution < -0.4 is 4.18 Å². The number of hydrogen-bond donors (Lipinski definition) is 1. The molecule has 1 atom stereocenters. The van der Waals surface area contributed by atoms with Gasteiger partial charge >= 0.3 is 11.4 Å². The van der Waals surface area contributed by atoms with Gasteiger partial charge in [0.05, 0.1) is 0 Å². The minimum atomic E-state index is -2.29. The Morgan fingerprint density at radius 1 is 1.06 bits per heavy atom. The summed E-state index contributed by atoms with van der Waals surface area (Å²) in [6.45, 7) is 12.6. The highest BCUT2D eigenvalue weighted by atomic mass is 32.2. The van der Waals surface area contributed by atoms with Crippen LogP contribution in [0.15, 0.2) is 18.2 Å². The molecule has 0 aliphatic carbocycles. The highest BCUT2D eigenvalue weighted by Gasteiger charge is 2.23. The molecule has 0 aliphatic heterocycles. The van der Waals surface area contributed by atoms with Crippen molar-refractivity contribution in [3.8, 4) is 5.75 Å². The van der Waals surface area contributed by atoms with Crippen LogP contribution in [0.5, 0.6) is 5.75 Å². The normalized spacial score (nSPS) is 14.4. The minimum Gasteiger partial charge on any atom is -0.380 e. The van der Waals surface area contributed by atoms with Crippen LogP contribution in [0.3, 0.4) is 0 Å². The zero-order chi connectivity index (χ0) is 14.1. The molecule has 3 nitrogen and oxygen atoms in total. The van der Waals surface area contributed by atoms with Gasteiger partial charge in [0.15, 0.2) is 0 Å². The fraction of sp³-hybridized carbons (Fsp3) is 0.571. The lowest BCUT2D eigenvalue weighted by molar-refractivity contribution is 0.446. The second-order valence-electron chi connectivity index (χ2n) is 6.51. The Balaban J connectivity index is 3.34. The van der Waals surface area contributed by atoms with E-state index >= 15 is 0 Å². The summed E-state index contributed by atoms with van der Waals surface area (Å²) in [5, 5.41) is 0. The number of benzene rings is 1. The third kappa shape index (κ3) is 3.82. The summed E-state index contributed by atoms with van der Waals surface area (Å²) in [6, 6.07) is 5.77. The van der Waals surface area contributed by atoms with Gasteiger partial charge in [-0.25, -0.2) is 0 Å². The summed E-state index contributed by atoms with van der Waals surface area (Å²) in [7, 11) is 0. The first-order valence-electron chi connectivity index (χ1n) is 5.96. The molecule has 1 aromatic carbocycles. The van der Waals surface area contributed by atoms with E-state index in [0.29, 0.717) is 5.75 Å². The molecule has 0 saturated heterocycles. The molecule has 0 aromatic heterocycles. The van der Waals surface area contributed by atoms with Gasteiger partial charge in [0.1, 0.15) is 5.75 Å². The van der Waals surface area contributed by atoms with Crippen molar-refractivity contribution in [2.45, 2.75) is 52.4 Å². The quantitative estimate of drug-likeness (QED) is 0.831. The topological polar surface area (TPSA) is 46.5 Å². The van der Waals surface area contributed by atoms with Crippen molar-refractivity contribution < 1.29 is 12.9 Å². The van der Waals surface area contributed by atoms with Gasteiger partial charge in [-0.2, -0.15) is 4.21 Å². The second-order valence-corrected chi connectivity index (χ2v) is 7.11. The van der Waals surface area contributed by atoms with Crippen LogP contribution in [0.25, 0.3) is 0 Å². The van der Waals surface area contributed by atoms with Crippen molar-refractivity contribution in [3.63, 3.8) is 0 Å². The van der Waals surface area contributed by atoms with Crippen LogP contribution in [0.4, 0.5) is 0 Å². The molecule has 1 unspecified atom stereocenters. The van der Waals surface area contributed by atoms with Gasteiger partial charge in [-0.3, -0.25) is 4.55 Å². The maximum atomic E-state index is 10.8. The van der Waals surface area contributed by atoms with Crippen LogP contribution in [-0.2, 0) is 22.2 Å². The van der Waals surface area contributed by atoms with E-state index in [2.05, 4.69) is 47.6 Å². The number of rotatable bonds is 2. The van der Waals surface area contributed by atoms with Gasteiger partial charge in [0, 0.05) is 5.56 Å². The highest BCUT2D eigenvalue weighted by Crippen LogP contribution is 2.35. The maximum Gasteiger partial charge on any atom is 0.357 e. The summed E-state index contributed by atoms with van der Waals surface area (Å²) in [5.74, 6) is 0.469. The van der Waals surface area contributed by atoms with Crippen LogP contribution in [0.2, 0.25) is 0 Å². The van der Waals surface area contributed by atoms with E-state index in [-0.39, 0.29) is 10.8 Å². The average molecular weight is 270 g/mol. The summed E-state index contributed by atoms with van der Waals surface area (Å²) in [6.07, 6.45) is 0. The van der Waals surface area contributed by atoms with Crippen molar-refractivity contribution >= 4 is 11.4 Å². The van der Waals surface area contributed by atoms with Crippen molar-refractivity contribution in [2.24, 2.45) is 0 Å². The molecule has 0 fully saturated rings. The molecular weight excluding hydrogens is 248 g/mol. The van der Waals surface area contributed by atoms with Gasteiger partial charge in [-0.05, 0) is 22.5 Å². The maximum absolute atomic E-state index is 10.8. The summed E-state index contributed by atoms with van der Waals surface area (Å²) in [5.41, 5.74) is 2.02. The largest absolute Gasteiger partial charge is 0.380 e. The Kier molecular flexibility index (Phi) is 4.23. The van der Waals surface area contributed by atoms with Crippen LogP contribution in [0.1, 0.15) is 52.7 Å². The molecule has 0 radical (unpaired) electrons. The van der Waals surface area contributed by atoms with Crippen molar-refractivity contribution in [3.05, 3.63) is 29.3 Å². The molecule has 0 bridgehead atoms. The lowest BCUT2D eigenvalue weighted by Gasteiger charge is -2.26. The van der Waals surface area contributed by atoms with Gasteiger partial charge in [0.2, 0.25) is 0 Å². The highest BCUT2D eigenvalue weighted by molar-refractivity contribution is 7.74. The van der Waals surface area contributed by atoms with E-state index in [1.807, 2.05) is 6.07 Å². The SMILES string of the molecule is CC(C)(C)c1ccc(OS(=O)O)c(C(C)(C)C)c1. The third-order valence-electron chi connectivity index (χ3n) is 2.81. The summed E-state index contributed by atoms with van der Waals surface area (Å²) in [4.78, 5) is 0. The number of hydrogen-bond acceptors (Lipinski definition) is 2. The van der Waals surface area contributed by atoms with E-state index in [1.165, 1.54) is 5.56 Å². The van der Waals surface area contributed by atoms with E-state index < -0.39 is 11.4 Å². The first-order valence-corrected chi connectivity index (χ1v) is 6.99. The smallest absolute Gasteiger partial charge is 0.357 e. The van der Waals surface area contributed by atoms with E-state index in [4.69, 9.17) is 8.74 Å². The predicted molar refractivity (Wildman–Crippen MR) is 75.2 cm³/mol. The van der Waals surface area contributed by atoms with Crippen molar-refractivity contribution in [1.82, 2.24) is 0 Å². The van der Waals surface area contributed by atoms with Crippen molar-refractivity contribution in [1.29, 1.82) is 0 Å². The molecule has 0 aliphatic rings. The summed E-state index contributed by atoms with van der Waals surface area (Å²) < 4.78 is 24.7. The Morgan fingerprint density at radius 3 is 2.00 bits per heavy atom. The lowest BCUT2D eigenvalue weighted by atomic mass is 9.80. The average Bonchev–Trinajstić information content (AvgIpc) is 2.13. The molecule has 0 heterocycles. The first-order chi connectivity index (χ1) is 8.01. The molecular formula is C14H22O3S. The molecule has 102 valence electrons. The van der Waals surface area contributed by atoms with Gasteiger partial charge < -0.3 is 4.18 Å². The molecule has 0 spiro atoms.